The van der Waals surface area contributed by atoms with Crippen LogP contribution in [0.25, 0.3) is 0 Å². The third kappa shape index (κ3) is 7.28. The van der Waals surface area contributed by atoms with Crippen molar-refractivity contribution in [1.82, 2.24) is 15.0 Å². The normalized spacial score (nSPS) is 11.7. The number of nitrogens with zero attached hydrogens (tertiary/aromatic N) is 3. The summed E-state index contributed by atoms with van der Waals surface area (Å²) in [5.74, 6) is 1.12. The van der Waals surface area contributed by atoms with Crippen LogP contribution in [-0.4, -0.2) is 41.4 Å². The monoisotopic (exact) mass is 269 g/mol. The second-order valence-corrected chi connectivity index (χ2v) is 5.47. The summed E-state index contributed by atoms with van der Waals surface area (Å²) in [5, 5.41) is 8.16. The Morgan fingerprint density at radius 2 is 1.74 bits per heavy atom. The fourth-order valence-electron chi connectivity index (χ4n) is 1.49. The smallest absolute Gasteiger partial charge is 0.0852 e. The van der Waals surface area contributed by atoms with Crippen molar-refractivity contribution in [3.05, 3.63) is 11.9 Å². The second-order valence-electron chi connectivity index (χ2n) is 5.47. The molecule has 0 unspecified atom stereocenters. The Balaban J connectivity index is 1.98. The quantitative estimate of drug-likeness (QED) is 0.612. The molecule has 0 aromatic carbocycles. The van der Waals surface area contributed by atoms with Gasteiger partial charge in [0.15, 0.2) is 0 Å². The zero-order valence-corrected chi connectivity index (χ0v) is 12.6. The molecule has 0 bridgehead atoms. The number of hydrogen-bond acceptors (Lipinski definition) is 4. The Morgan fingerprint density at radius 3 is 2.32 bits per heavy atom. The van der Waals surface area contributed by atoms with Crippen LogP contribution < -0.4 is 0 Å². The summed E-state index contributed by atoms with van der Waals surface area (Å²) < 4.78 is 12.8. The highest BCUT2D eigenvalue weighted by Gasteiger charge is 2.04. The fraction of sp³-hybridized carbons (Fsp3) is 0.857. The van der Waals surface area contributed by atoms with Gasteiger partial charge in [-0.1, -0.05) is 32.9 Å². The molecule has 0 spiro atoms. The molecule has 0 aliphatic rings. The first-order chi connectivity index (χ1) is 9.09. The summed E-state index contributed by atoms with van der Waals surface area (Å²) in [6, 6.07) is 0. The van der Waals surface area contributed by atoms with Gasteiger partial charge in [0, 0.05) is 12.8 Å². The minimum atomic E-state index is 0.420. The largest absolute Gasteiger partial charge is 0.379 e. The lowest BCUT2D eigenvalue weighted by Gasteiger charge is -2.07. The van der Waals surface area contributed by atoms with Crippen LogP contribution in [0.2, 0.25) is 0 Å². The summed E-state index contributed by atoms with van der Waals surface area (Å²) >= 11 is 0. The molecule has 0 aliphatic carbocycles. The SMILES string of the molecule is CC(C)CCOCCOCCn1cc(C(C)C)nn1. The number of aromatic nitrogens is 3. The van der Waals surface area contributed by atoms with E-state index in [4.69, 9.17) is 9.47 Å². The van der Waals surface area contributed by atoms with Gasteiger partial charge in [-0.05, 0) is 18.3 Å². The van der Waals surface area contributed by atoms with Crippen molar-refractivity contribution >= 4 is 0 Å². The number of ether oxygens (including phenoxy) is 2. The molecule has 0 radical (unpaired) electrons. The lowest BCUT2D eigenvalue weighted by atomic mass is 10.1. The van der Waals surface area contributed by atoms with E-state index in [0.717, 1.165) is 25.3 Å². The summed E-state index contributed by atoms with van der Waals surface area (Å²) in [4.78, 5) is 0. The van der Waals surface area contributed by atoms with Gasteiger partial charge in [-0.2, -0.15) is 0 Å². The molecule has 1 aromatic rings. The molecule has 0 amide bonds. The Kier molecular flexibility index (Phi) is 7.67. The molecule has 0 atom stereocenters. The van der Waals surface area contributed by atoms with Crippen molar-refractivity contribution < 1.29 is 9.47 Å². The van der Waals surface area contributed by atoms with Gasteiger partial charge in [0.25, 0.3) is 0 Å². The lowest BCUT2D eigenvalue weighted by Crippen LogP contribution is -2.11. The first kappa shape index (κ1) is 16.1. The third-order valence-corrected chi connectivity index (χ3v) is 2.82. The van der Waals surface area contributed by atoms with Crippen molar-refractivity contribution in [1.29, 1.82) is 0 Å². The number of rotatable bonds is 10. The summed E-state index contributed by atoms with van der Waals surface area (Å²) in [5.41, 5.74) is 1.03. The molecule has 0 N–H and O–H groups in total. The highest BCUT2D eigenvalue weighted by atomic mass is 16.5. The van der Waals surface area contributed by atoms with Crippen molar-refractivity contribution in [2.45, 2.75) is 46.6 Å². The summed E-state index contributed by atoms with van der Waals surface area (Å²) in [6.07, 6.45) is 3.09. The zero-order chi connectivity index (χ0) is 14.1. The fourth-order valence-corrected chi connectivity index (χ4v) is 1.49. The lowest BCUT2D eigenvalue weighted by molar-refractivity contribution is 0.0404. The molecule has 0 aliphatic heterocycles. The van der Waals surface area contributed by atoms with Crippen LogP contribution in [0, 0.1) is 5.92 Å². The standard InChI is InChI=1S/C14H27N3O2/c1-12(2)5-7-18-9-10-19-8-6-17-11-14(13(3)4)15-16-17/h11-13H,5-10H2,1-4H3. The Labute approximate surface area is 116 Å². The highest BCUT2D eigenvalue weighted by Crippen LogP contribution is 2.08. The van der Waals surface area contributed by atoms with Crippen molar-refractivity contribution in [3.63, 3.8) is 0 Å². The predicted octanol–water partition coefficient (Wildman–Crippen LogP) is 2.48. The van der Waals surface area contributed by atoms with Crippen LogP contribution in [0.1, 0.15) is 45.7 Å². The Bertz CT molecular complexity index is 337. The minimum Gasteiger partial charge on any atom is -0.379 e. The zero-order valence-electron chi connectivity index (χ0n) is 12.6. The molecular weight excluding hydrogens is 242 g/mol. The molecule has 0 saturated heterocycles. The highest BCUT2D eigenvalue weighted by molar-refractivity contribution is 4.97. The molecule has 1 rings (SSSR count). The molecule has 0 fully saturated rings. The van der Waals surface area contributed by atoms with Crippen LogP contribution in [0.3, 0.4) is 0 Å². The Hall–Kier alpha value is -0.940. The van der Waals surface area contributed by atoms with Gasteiger partial charge in [-0.15, -0.1) is 5.10 Å². The van der Waals surface area contributed by atoms with Crippen molar-refractivity contribution in [2.75, 3.05) is 26.4 Å². The minimum absolute atomic E-state index is 0.420. The average Bonchev–Trinajstić information content (AvgIpc) is 2.81. The number of hydrogen-bond donors (Lipinski definition) is 0. The average molecular weight is 269 g/mol. The van der Waals surface area contributed by atoms with Crippen LogP contribution in [0.15, 0.2) is 6.20 Å². The maximum atomic E-state index is 5.50. The second kappa shape index (κ2) is 9.04. The molecule has 110 valence electrons. The van der Waals surface area contributed by atoms with Gasteiger partial charge in [0.1, 0.15) is 0 Å². The molecule has 0 saturated carbocycles. The van der Waals surface area contributed by atoms with Gasteiger partial charge < -0.3 is 9.47 Å². The van der Waals surface area contributed by atoms with Gasteiger partial charge in [-0.3, -0.25) is 0 Å². The van der Waals surface area contributed by atoms with E-state index in [1.54, 1.807) is 0 Å². The molecule has 5 heteroatoms. The molecule has 5 nitrogen and oxygen atoms in total. The molecular formula is C14H27N3O2. The molecule has 1 heterocycles. The summed E-state index contributed by atoms with van der Waals surface area (Å²) in [7, 11) is 0. The van der Waals surface area contributed by atoms with E-state index in [1.165, 1.54) is 0 Å². The topological polar surface area (TPSA) is 49.2 Å². The van der Waals surface area contributed by atoms with E-state index in [0.29, 0.717) is 31.7 Å². The van der Waals surface area contributed by atoms with Crippen LogP contribution >= 0.6 is 0 Å². The van der Waals surface area contributed by atoms with Crippen LogP contribution in [0.5, 0.6) is 0 Å². The van der Waals surface area contributed by atoms with Gasteiger partial charge in [0.2, 0.25) is 0 Å². The van der Waals surface area contributed by atoms with Gasteiger partial charge >= 0.3 is 0 Å². The van der Waals surface area contributed by atoms with Crippen molar-refractivity contribution in [2.24, 2.45) is 5.92 Å². The van der Waals surface area contributed by atoms with Crippen LogP contribution in [-0.2, 0) is 16.0 Å². The molecule has 1 aromatic heterocycles. The predicted molar refractivity (Wildman–Crippen MR) is 75.2 cm³/mol. The van der Waals surface area contributed by atoms with Crippen molar-refractivity contribution in [3.8, 4) is 0 Å². The van der Waals surface area contributed by atoms with Crippen LogP contribution in [0.4, 0.5) is 0 Å². The summed E-state index contributed by atoms with van der Waals surface area (Å²) in [6.45, 7) is 12.1. The van der Waals surface area contributed by atoms with E-state index in [9.17, 15) is 0 Å². The maximum Gasteiger partial charge on any atom is 0.0852 e. The third-order valence-electron chi connectivity index (χ3n) is 2.82. The van der Waals surface area contributed by atoms with E-state index in [1.807, 2.05) is 10.9 Å². The van der Waals surface area contributed by atoms with Gasteiger partial charge in [0.05, 0.1) is 32.1 Å². The van der Waals surface area contributed by atoms with Gasteiger partial charge in [-0.25, -0.2) is 4.68 Å². The maximum absolute atomic E-state index is 5.50. The molecule has 19 heavy (non-hydrogen) atoms. The van der Waals surface area contributed by atoms with E-state index in [-0.39, 0.29) is 0 Å². The first-order valence-corrected chi connectivity index (χ1v) is 7.15. The van der Waals surface area contributed by atoms with E-state index in [2.05, 4.69) is 38.0 Å². The first-order valence-electron chi connectivity index (χ1n) is 7.15. The Morgan fingerprint density at radius 1 is 1.05 bits per heavy atom. The van der Waals surface area contributed by atoms with E-state index < -0.39 is 0 Å². The van der Waals surface area contributed by atoms with E-state index >= 15 is 0 Å².